The summed E-state index contributed by atoms with van der Waals surface area (Å²) >= 11 is 3.56. The number of amides is 2. The summed E-state index contributed by atoms with van der Waals surface area (Å²) in [6.45, 7) is 3.83. The quantitative estimate of drug-likeness (QED) is 0.383. The molecule has 0 unspecified atom stereocenters. The number of halogens is 1. The van der Waals surface area contributed by atoms with Crippen LogP contribution in [0.4, 0.5) is 0 Å². The van der Waals surface area contributed by atoms with Crippen molar-refractivity contribution in [3.63, 3.8) is 0 Å². The third kappa shape index (κ3) is 3.34. The van der Waals surface area contributed by atoms with Gasteiger partial charge in [-0.25, -0.2) is 4.79 Å². The van der Waals surface area contributed by atoms with Gasteiger partial charge in [0.2, 0.25) is 11.8 Å². The van der Waals surface area contributed by atoms with Gasteiger partial charge in [0.15, 0.2) is 0 Å². The number of esters is 2. The minimum atomic E-state index is -1.77. The second-order valence-electron chi connectivity index (χ2n) is 10.3. The van der Waals surface area contributed by atoms with Crippen LogP contribution in [-0.2, 0) is 28.7 Å². The molecule has 4 aliphatic heterocycles. The van der Waals surface area contributed by atoms with E-state index >= 15 is 0 Å². The van der Waals surface area contributed by atoms with Crippen LogP contribution in [0, 0.1) is 23.7 Å². The van der Waals surface area contributed by atoms with Gasteiger partial charge in [0.25, 0.3) is 0 Å². The summed E-state index contributed by atoms with van der Waals surface area (Å²) in [5.41, 5.74) is -0.219. The molecule has 3 saturated heterocycles. The first-order chi connectivity index (χ1) is 18.8. The second kappa shape index (κ2) is 9.45. The summed E-state index contributed by atoms with van der Waals surface area (Å²) in [6, 6.07) is 13.8. The minimum Gasteiger partial charge on any atom is -0.493 e. The molecule has 0 saturated carbocycles. The van der Waals surface area contributed by atoms with Crippen LogP contribution in [0.25, 0.3) is 0 Å². The maximum Gasteiger partial charge on any atom is 0.328 e. The fourth-order valence-corrected chi connectivity index (χ4v) is 8.02. The van der Waals surface area contributed by atoms with Crippen molar-refractivity contribution in [2.45, 2.75) is 31.5 Å². The first kappa shape index (κ1) is 26.0. The number of carbonyl (C=O) groups excluding carboxylic acids is 4. The molecule has 2 aromatic rings. The van der Waals surface area contributed by atoms with Gasteiger partial charge in [-0.3, -0.25) is 24.2 Å². The number of likely N-dealkylation sites (tertiary alicyclic amines) is 1. The first-order valence-electron chi connectivity index (χ1n) is 13.2. The summed E-state index contributed by atoms with van der Waals surface area (Å²) < 4.78 is 18.0. The normalized spacial score (nSPS) is 32.7. The van der Waals surface area contributed by atoms with Crippen LogP contribution in [0.3, 0.4) is 0 Å². The Morgan fingerprint density at radius 3 is 2.49 bits per heavy atom. The number of nitrogens with zero attached hydrogens (tertiary/aromatic N) is 2. The zero-order valence-corrected chi connectivity index (χ0v) is 23.4. The highest BCUT2D eigenvalue weighted by Gasteiger charge is 2.82. The van der Waals surface area contributed by atoms with E-state index < -0.39 is 59.1 Å². The van der Waals surface area contributed by atoms with Crippen molar-refractivity contribution in [3.8, 4) is 5.75 Å². The topological polar surface area (TPSA) is 102 Å². The number of methoxy groups -OCH3 is 1. The van der Waals surface area contributed by atoms with Crippen molar-refractivity contribution in [3.05, 3.63) is 64.1 Å². The highest BCUT2D eigenvalue weighted by molar-refractivity contribution is 9.10. The van der Waals surface area contributed by atoms with Crippen molar-refractivity contribution in [1.29, 1.82) is 0 Å². The van der Waals surface area contributed by atoms with E-state index in [9.17, 15) is 19.2 Å². The summed E-state index contributed by atoms with van der Waals surface area (Å²) in [7, 11) is 1.25. The molecule has 0 spiro atoms. The van der Waals surface area contributed by atoms with Crippen LogP contribution in [0.1, 0.15) is 37.1 Å². The van der Waals surface area contributed by atoms with E-state index in [1.54, 1.807) is 13.8 Å². The number of benzene rings is 2. The van der Waals surface area contributed by atoms with E-state index in [-0.39, 0.29) is 25.7 Å². The highest BCUT2D eigenvalue weighted by atomic mass is 79.9. The predicted octanol–water partition coefficient (Wildman–Crippen LogP) is 3.28. The second-order valence-corrected chi connectivity index (χ2v) is 11.3. The van der Waals surface area contributed by atoms with Gasteiger partial charge in [0, 0.05) is 34.6 Å². The summed E-state index contributed by atoms with van der Waals surface area (Å²) in [5, 5.41) is 0. The number of carbonyl (C=O) groups is 4. The molecule has 2 amide bonds. The van der Waals surface area contributed by atoms with Crippen molar-refractivity contribution in [2.75, 3.05) is 26.9 Å². The first-order valence-corrected chi connectivity index (χ1v) is 14.0. The molecule has 10 heteroatoms. The third-order valence-corrected chi connectivity index (χ3v) is 9.32. The van der Waals surface area contributed by atoms with Crippen LogP contribution < -0.4 is 4.74 Å². The molecule has 9 nitrogen and oxygen atoms in total. The van der Waals surface area contributed by atoms with Gasteiger partial charge in [-0.05, 0) is 37.6 Å². The van der Waals surface area contributed by atoms with Gasteiger partial charge in [0.1, 0.15) is 11.3 Å². The molecule has 6 rings (SSSR count). The van der Waals surface area contributed by atoms with Gasteiger partial charge in [-0.1, -0.05) is 46.3 Å². The molecule has 0 aromatic heterocycles. The molecule has 4 heterocycles. The Kier molecular flexibility index (Phi) is 6.30. The van der Waals surface area contributed by atoms with E-state index in [0.29, 0.717) is 5.75 Å². The summed E-state index contributed by atoms with van der Waals surface area (Å²) in [5.74, 6) is -5.16. The smallest absolute Gasteiger partial charge is 0.328 e. The Labute approximate surface area is 234 Å². The van der Waals surface area contributed by atoms with Gasteiger partial charge in [0.05, 0.1) is 38.1 Å². The van der Waals surface area contributed by atoms with Crippen LogP contribution in [0.2, 0.25) is 0 Å². The molecular weight excluding hydrogens is 568 g/mol. The Morgan fingerprint density at radius 2 is 1.82 bits per heavy atom. The van der Waals surface area contributed by atoms with Crippen molar-refractivity contribution in [1.82, 2.24) is 9.80 Å². The number of rotatable bonds is 5. The number of imide groups is 1. The van der Waals surface area contributed by atoms with E-state index in [2.05, 4.69) is 15.9 Å². The zero-order chi connectivity index (χ0) is 27.6. The van der Waals surface area contributed by atoms with Crippen molar-refractivity contribution >= 4 is 39.7 Å². The lowest BCUT2D eigenvalue weighted by Gasteiger charge is -2.41. The maximum atomic E-state index is 14.2. The van der Waals surface area contributed by atoms with Crippen molar-refractivity contribution in [2.24, 2.45) is 23.7 Å². The van der Waals surface area contributed by atoms with E-state index in [0.717, 1.165) is 15.6 Å². The molecule has 0 radical (unpaired) electrons. The fourth-order valence-electron chi connectivity index (χ4n) is 7.64. The number of fused-ring (bicyclic) bond motifs is 7. The maximum absolute atomic E-state index is 14.2. The summed E-state index contributed by atoms with van der Waals surface area (Å²) in [6.07, 6.45) is 0. The Bertz CT molecular complexity index is 1370. The van der Waals surface area contributed by atoms with Crippen LogP contribution in [0.15, 0.2) is 53.0 Å². The molecule has 3 fully saturated rings. The average Bonchev–Trinajstić information content (AvgIpc) is 3.50. The molecular formula is C29H29BrN2O7. The van der Waals surface area contributed by atoms with Crippen LogP contribution in [0.5, 0.6) is 5.75 Å². The lowest BCUT2D eigenvalue weighted by molar-refractivity contribution is -0.171. The lowest BCUT2D eigenvalue weighted by Crippen LogP contribution is -2.60. The molecule has 2 aromatic carbocycles. The largest absolute Gasteiger partial charge is 0.493 e. The van der Waals surface area contributed by atoms with Gasteiger partial charge in [-0.15, -0.1) is 0 Å². The van der Waals surface area contributed by atoms with E-state index in [1.165, 1.54) is 12.0 Å². The van der Waals surface area contributed by atoms with E-state index in [4.69, 9.17) is 14.2 Å². The molecule has 4 aliphatic rings. The molecule has 7 atom stereocenters. The molecule has 0 aliphatic carbocycles. The van der Waals surface area contributed by atoms with Gasteiger partial charge >= 0.3 is 11.9 Å². The average molecular weight is 597 g/mol. The minimum absolute atomic E-state index is 0.0944. The lowest BCUT2D eigenvalue weighted by atomic mass is 9.68. The molecule has 204 valence electrons. The SMILES string of the molecule is CCOC(=O)[C@H]1[C@@H]2COc3ccc(Br)cc3[C@@H]2N2[C@@H](c3ccccc3)[C@H]3C(=O)N(CC)C(=O)[C@H]3[C@]12C(=O)OC. The zero-order valence-electron chi connectivity index (χ0n) is 21.8. The molecule has 0 N–H and O–H groups in total. The molecule has 0 bridgehead atoms. The Morgan fingerprint density at radius 1 is 1.08 bits per heavy atom. The number of ether oxygens (including phenoxy) is 3. The van der Waals surface area contributed by atoms with Crippen molar-refractivity contribution < 1.29 is 33.4 Å². The Hall–Kier alpha value is -3.24. The fraction of sp³-hybridized carbons (Fsp3) is 0.448. The highest BCUT2D eigenvalue weighted by Crippen LogP contribution is 2.69. The monoisotopic (exact) mass is 596 g/mol. The standard InChI is InChI=1S/C29H29BrN2O7/c1-4-31-25(33)20-22(26(31)34)29(28(36)37-3)21(27(35)38-5-2)18-14-39-19-12-11-16(30)13-17(19)24(18)32(29)23(20)15-9-7-6-8-10-15/h6-13,18,20-24H,4-5,14H2,1-3H3/t18-,20-,21+,22-,23-,24-,29-/m0/s1. The third-order valence-electron chi connectivity index (χ3n) is 8.82. The Balaban J connectivity index is 1.70. The predicted molar refractivity (Wildman–Crippen MR) is 141 cm³/mol. The number of hydrogen-bond acceptors (Lipinski definition) is 8. The van der Waals surface area contributed by atoms with Crippen LogP contribution in [-0.4, -0.2) is 66.0 Å². The van der Waals surface area contributed by atoms with Gasteiger partial charge in [-0.2, -0.15) is 0 Å². The number of hydrogen-bond donors (Lipinski definition) is 0. The summed E-state index contributed by atoms with van der Waals surface area (Å²) in [4.78, 5) is 59.3. The van der Waals surface area contributed by atoms with Gasteiger partial charge < -0.3 is 14.2 Å². The van der Waals surface area contributed by atoms with Crippen LogP contribution >= 0.6 is 15.9 Å². The molecule has 39 heavy (non-hydrogen) atoms. The van der Waals surface area contributed by atoms with E-state index in [1.807, 2.05) is 53.4 Å².